The molecule has 0 radical (unpaired) electrons. The van der Waals surface area contributed by atoms with E-state index in [1.54, 1.807) is 23.1 Å². The minimum Gasteiger partial charge on any atom is -0.491 e. The summed E-state index contributed by atoms with van der Waals surface area (Å²) < 4.78 is 7.58. The highest BCUT2D eigenvalue weighted by Crippen LogP contribution is 2.23. The smallest absolute Gasteiger partial charge is 0.256 e. The van der Waals surface area contributed by atoms with Crippen molar-refractivity contribution in [1.82, 2.24) is 24.9 Å². The number of fused-ring (bicyclic) bond motifs is 2. The van der Waals surface area contributed by atoms with Crippen LogP contribution in [0.1, 0.15) is 16.8 Å². The molecule has 0 aliphatic carbocycles. The molecule has 0 fully saturated rings. The Morgan fingerprint density at radius 2 is 1.81 bits per heavy atom. The highest BCUT2D eigenvalue weighted by molar-refractivity contribution is 5.99. The van der Waals surface area contributed by atoms with E-state index in [0.717, 1.165) is 27.9 Å². The van der Waals surface area contributed by atoms with Crippen molar-refractivity contribution in [3.63, 3.8) is 0 Å². The summed E-state index contributed by atoms with van der Waals surface area (Å²) in [5, 5.41) is 8.36. The van der Waals surface area contributed by atoms with Gasteiger partial charge in [0.05, 0.1) is 18.5 Å². The number of aromatic nitrogens is 4. The molecule has 0 spiro atoms. The zero-order valence-corrected chi connectivity index (χ0v) is 17.3. The minimum atomic E-state index is -0.204. The van der Waals surface area contributed by atoms with Gasteiger partial charge in [0.1, 0.15) is 16.8 Å². The van der Waals surface area contributed by atoms with Crippen LogP contribution >= 0.6 is 0 Å². The lowest BCUT2D eigenvalue weighted by Gasteiger charge is -2.09. The molecule has 0 atom stereocenters. The number of benzene rings is 2. The molecule has 7 heteroatoms. The van der Waals surface area contributed by atoms with Crippen molar-refractivity contribution < 1.29 is 9.53 Å². The summed E-state index contributed by atoms with van der Waals surface area (Å²) in [5.74, 6) is 0.541. The fourth-order valence-electron chi connectivity index (χ4n) is 3.62. The SMILES string of the molecule is O=C(NCCCOc1cccc2cccnc12)c1cnn2c(-c3ccccc3)ccnc12. The van der Waals surface area contributed by atoms with Gasteiger partial charge in [-0.25, -0.2) is 9.50 Å². The topological polar surface area (TPSA) is 81.4 Å². The lowest BCUT2D eigenvalue weighted by atomic mass is 10.1. The molecule has 3 aromatic heterocycles. The third-order valence-corrected chi connectivity index (χ3v) is 5.18. The third-order valence-electron chi connectivity index (χ3n) is 5.18. The molecule has 5 aromatic rings. The van der Waals surface area contributed by atoms with Crippen LogP contribution in [0, 0.1) is 0 Å². The summed E-state index contributed by atoms with van der Waals surface area (Å²) >= 11 is 0. The van der Waals surface area contributed by atoms with E-state index < -0.39 is 0 Å². The largest absolute Gasteiger partial charge is 0.491 e. The van der Waals surface area contributed by atoms with Crippen LogP contribution in [-0.2, 0) is 0 Å². The first kappa shape index (κ1) is 19.7. The van der Waals surface area contributed by atoms with Crippen LogP contribution in [0.15, 0.2) is 85.3 Å². The standard InChI is InChI=1S/C25H21N5O2/c31-25(28-14-6-16-32-22-11-4-9-19-10-5-13-26-23(19)22)20-17-29-30-21(12-15-27-24(20)30)18-7-2-1-3-8-18/h1-5,7-13,15,17H,6,14,16H2,(H,28,31). The molecule has 0 unspecified atom stereocenters. The lowest BCUT2D eigenvalue weighted by Crippen LogP contribution is -2.25. The van der Waals surface area contributed by atoms with Crippen molar-refractivity contribution in [2.75, 3.05) is 13.2 Å². The lowest BCUT2D eigenvalue weighted by molar-refractivity contribution is 0.0953. The van der Waals surface area contributed by atoms with Crippen molar-refractivity contribution >= 4 is 22.5 Å². The molecule has 0 aliphatic rings. The normalized spacial score (nSPS) is 11.0. The summed E-state index contributed by atoms with van der Waals surface area (Å²) in [6, 6.07) is 21.5. The number of rotatable bonds is 7. The molecule has 5 rings (SSSR count). The van der Waals surface area contributed by atoms with E-state index in [1.165, 1.54) is 0 Å². The van der Waals surface area contributed by atoms with E-state index in [2.05, 4.69) is 20.4 Å². The van der Waals surface area contributed by atoms with Crippen molar-refractivity contribution in [1.29, 1.82) is 0 Å². The molecule has 0 saturated carbocycles. The Balaban J connectivity index is 1.21. The summed E-state index contributed by atoms with van der Waals surface area (Å²) in [4.78, 5) is 21.5. The zero-order chi connectivity index (χ0) is 21.8. The maximum absolute atomic E-state index is 12.7. The summed E-state index contributed by atoms with van der Waals surface area (Å²) in [6.45, 7) is 0.952. The molecule has 32 heavy (non-hydrogen) atoms. The number of nitrogens with zero attached hydrogens (tertiary/aromatic N) is 4. The summed E-state index contributed by atoms with van der Waals surface area (Å²) in [5.41, 5.74) is 3.70. The molecule has 158 valence electrons. The monoisotopic (exact) mass is 423 g/mol. The van der Waals surface area contributed by atoms with Gasteiger partial charge in [0.25, 0.3) is 5.91 Å². The Morgan fingerprint density at radius 1 is 0.938 bits per heavy atom. The minimum absolute atomic E-state index is 0.204. The predicted octanol–water partition coefficient (Wildman–Crippen LogP) is 4.14. The second kappa shape index (κ2) is 8.85. The van der Waals surface area contributed by atoms with Gasteiger partial charge in [0, 0.05) is 29.9 Å². The molecule has 2 aromatic carbocycles. The number of amides is 1. The number of hydrogen-bond acceptors (Lipinski definition) is 5. The summed E-state index contributed by atoms with van der Waals surface area (Å²) in [7, 11) is 0. The van der Waals surface area contributed by atoms with Gasteiger partial charge in [0.2, 0.25) is 0 Å². The molecular formula is C25H21N5O2. The van der Waals surface area contributed by atoms with E-state index in [1.807, 2.05) is 66.7 Å². The first-order chi connectivity index (χ1) is 15.8. The molecule has 0 aliphatic heterocycles. The van der Waals surface area contributed by atoms with Crippen molar-refractivity contribution in [2.45, 2.75) is 6.42 Å². The van der Waals surface area contributed by atoms with Gasteiger partial charge >= 0.3 is 0 Å². The number of pyridine rings is 1. The van der Waals surface area contributed by atoms with Gasteiger partial charge in [-0.15, -0.1) is 0 Å². The predicted molar refractivity (Wildman–Crippen MR) is 123 cm³/mol. The van der Waals surface area contributed by atoms with Crippen LogP contribution in [0.2, 0.25) is 0 Å². The van der Waals surface area contributed by atoms with Crippen LogP contribution in [0.3, 0.4) is 0 Å². The van der Waals surface area contributed by atoms with Crippen molar-refractivity contribution in [3.8, 4) is 17.0 Å². The average molecular weight is 423 g/mol. The molecule has 0 saturated heterocycles. The number of carbonyl (C=O) groups is 1. The van der Waals surface area contributed by atoms with Crippen LogP contribution in [0.25, 0.3) is 27.8 Å². The quantitative estimate of drug-likeness (QED) is 0.398. The number of nitrogens with one attached hydrogen (secondary N) is 1. The second-order valence-electron chi connectivity index (χ2n) is 7.28. The maximum Gasteiger partial charge on any atom is 0.256 e. The van der Waals surface area contributed by atoms with Gasteiger partial charge in [0.15, 0.2) is 5.65 Å². The van der Waals surface area contributed by atoms with E-state index in [4.69, 9.17) is 4.74 Å². The Bertz CT molecular complexity index is 1380. The van der Waals surface area contributed by atoms with Gasteiger partial charge in [-0.3, -0.25) is 9.78 Å². The van der Waals surface area contributed by atoms with Crippen molar-refractivity contribution in [3.05, 3.63) is 90.9 Å². The number of hydrogen-bond donors (Lipinski definition) is 1. The van der Waals surface area contributed by atoms with Crippen LogP contribution in [0.5, 0.6) is 5.75 Å². The second-order valence-corrected chi connectivity index (χ2v) is 7.28. The van der Waals surface area contributed by atoms with Crippen LogP contribution in [0.4, 0.5) is 0 Å². The first-order valence-electron chi connectivity index (χ1n) is 10.4. The van der Waals surface area contributed by atoms with Gasteiger partial charge < -0.3 is 10.1 Å². The number of para-hydroxylation sites is 1. The third kappa shape index (κ3) is 3.88. The first-order valence-corrected chi connectivity index (χ1v) is 10.4. The van der Waals surface area contributed by atoms with Crippen molar-refractivity contribution in [2.24, 2.45) is 0 Å². The fourth-order valence-corrected chi connectivity index (χ4v) is 3.62. The molecule has 1 N–H and O–H groups in total. The number of carbonyl (C=O) groups excluding carboxylic acids is 1. The van der Waals surface area contributed by atoms with E-state index >= 15 is 0 Å². The zero-order valence-electron chi connectivity index (χ0n) is 17.3. The molecule has 7 nitrogen and oxygen atoms in total. The average Bonchev–Trinajstić information content (AvgIpc) is 3.29. The Labute approximate surface area is 184 Å². The molecule has 1 amide bonds. The van der Waals surface area contributed by atoms with Gasteiger partial charge in [-0.05, 0) is 24.6 Å². The summed E-state index contributed by atoms with van der Waals surface area (Å²) in [6.07, 6.45) is 5.67. The van der Waals surface area contributed by atoms with Gasteiger partial charge in [-0.2, -0.15) is 5.10 Å². The van der Waals surface area contributed by atoms with E-state index in [-0.39, 0.29) is 5.91 Å². The Kier molecular flexibility index (Phi) is 5.45. The number of ether oxygens (including phenoxy) is 1. The molecule has 3 heterocycles. The molecular weight excluding hydrogens is 402 g/mol. The Hall–Kier alpha value is -4.26. The maximum atomic E-state index is 12.7. The van der Waals surface area contributed by atoms with E-state index in [0.29, 0.717) is 30.8 Å². The molecule has 0 bridgehead atoms. The Morgan fingerprint density at radius 3 is 2.72 bits per heavy atom. The van der Waals surface area contributed by atoms with Crippen LogP contribution in [-0.4, -0.2) is 38.6 Å². The fraction of sp³-hybridized carbons (Fsp3) is 0.120. The highest BCUT2D eigenvalue weighted by Gasteiger charge is 2.15. The van der Waals surface area contributed by atoms with E-state index in [9.17, 15) is 4.79 Å². The van der Waals surface area contributed by atoms with Gasteiger partial charge in [-0.1, -0.05) is 48.5 Å². The van der Waals surface area contributed by atoms with Crippen LogP contribution < -0.4 is 10.1 Å². The highest BCUT2D eigenvalue weighted by atomic mass is 16.5.